The first-order valence-electron chi connectivity index (χ1n) is 8.08. The minimum Gasteiger partial charge on any atom is -0.395 e. The van der Waals surface area contributed by atoms with E-state index in [4.69, 9.17) is 4.74 Å². The van der Waals surface area contributed by atoms with Gasteiger partial charge in [-0.1, -0.05) is 51.2 Å². The van der Waals surface area contributed by atoms with Crippen molar-refractivity contribution in [2.45, 2.75) is 64.4 Å². The molecule has 0 spiro atoms. The molecule has 1 saturated carbocycles. The van der Waals surface area contributed by atoms with Crippen LogP contribution in [0.1, 0.15) is 58.3 Å². The summed E-state index contributed by atoms with van der Waals surface area (Å²) < 4.78 is 5.42. The molecule has 1 N–H and O–H groups in total. The van der Waals surface area contributed by atoms with E-state index < -0.39 is 0 Å². The zero-order valence-electron chi connectivity index (χ0n) is 13.0. The van der Waals surface area contributed by atoms with Crippen LogP contribution in [0, 0.1) is 11.8 Å². The van der Waals surface area contributed by atoms with E-state index in [1.54, 1.807) is 7.11 Å². The number of unbranched alkanes of at least 4 members (excludes halogenated alkanes) is 2. The number of carbonyl (C=O) groups is 1. The normalized spacial score (nSPS) is 19.6. The van der Waals surface area contributed by atoms with Gasteiger partial charge >= 0.3 is 0 Å². The Morgan fingerprint density at radius 3 is 2.55 bits per heavy atom. The number of hydrogen-bond acceptors (Lipinski definition) is 3. The third-order valence-electron chi connectivity index (χ3n) is 4.27. The molecule has 1 rings (SSSR count). The van der Waals surface area contributed by atoms with Crippen LogP contribution in [0.4, 0.5) is 0 Å². The molecule has 0 aliphatic heterocycles. The molecule has 2 atom stereocenters. The number of ketones is 1. The van der Waals surface area contributed by atoms with Crippen LogP contribution in [-0.2, 0) is 9.53 Å². The Bertz CT molecular complexity index is 293. The lowest BCUT2D eigenvalue weighted by Gasteiger charge is -2.15. The summed E-state index contributed by atoms with van der Waals surface area (Å²) in [6, 6.07) is 0. The van der Waals surface area contributed by atoms with Gasteiger partial charge in [0.1, 0.15) is 5.78 Å². The first-order valence-corrected chi connectivity index (χ1v) is 8.08. The van der Waals surface area contributed by atoms with Gasteiger partial charge < -0.3 is 9.84 Å². The molecule has 0 aromatic heterocycles. The van der Waals surface area contributed by atoms with E-state index in [1.807, 2.05) is 12.2 Å². The minimum atomic E-state index is -0.345. The van der Waals surface area contributed by atoms with Crippen LogP contribution in [0.25, 0.3) is 0 Å². The fourth-order valence-electron chi connectivity index (χ4n) is 2.90. The SMILES string of the molecule is CCCCC[C@@H](C=CC(CO)C(=O)C1CCCC1)OC. The molecule has 0 amide bonds. The summed E-state index contributed by atoms with van der Waals surface area (Å²) in [7, 11) is 1.70. The van der Waals surface area contributed by atoms with Gasteiger partial charge in [-0.15, -0.1) is 0 Å². The highest BCUT2D eigenvalue weighted by molar-refractivity contribution is 5.85. The third kappa shape index (κ3) is 5.76. The molecule has 1 aliphatic rings. The van der Waals surface area contributed by atoms with Gasteiger partial charge in [0.05, 0.1) is 18.6 Å². The monoisotopic (exact) mass is 282 g/mol. The Labute approximate surface area is 123 Å². The molecule has 20 heavy (non-hydrogen) atoms. The van der Waals surface area contributed by atoms with Crippen LogP contribution in [-0.4, -0.2) is 30.7 Å². The molecule has 3 heteroatoms. The van der Waals surface area contributed by atoms with Crippen LogP contribution in [0.2, 0.25) is 0 Å². The van der Waals surface area contributed by atoms with Gasteiger partial charge in [-0.3, -0.25) is 4.79 Å². The second kappa shape index (κ2) is 10.1. The van der Waals surface area contributed by atoms with E-state index in [1.165, 1.54) is 12.8 Å². The smallest absolute Gasteiger partial charge is 0.145 e. The molecule has 0 bridgehead atoms. The van der Waals surface area contributed by atoms with Crippen molar-refractivity contribution in [2.24, 2.45) is 11.8 Å². The Hall–Kier alpha value is -0.670. The highest BCUT2D eigenvalue weighted by Crippen LogP contribution is 2.28. The predicted molar refractivity (Wildman–Crippen MR) is 81.6 cm³/mol. The van der Waals surface area contributed by atoms with E-state index in [-0.39, 0.29) is 30.3 Å². The Kier molecular flexibility index (Phi) is 8.79. The van der Waals surface area contributed by atoms with Gasteiger partial charge in [0, 0.05) is 13.0 Å². The number of rotatable bonds is 10. The fourth-order valence-corrected chi connectivity index (χ4v) is 2.90. The molecule has 1 aliphatic carbocycles. The van der Waals surface area contributed by atoms with E-state index in [0.717, 1.165) is 38.5 Å². The van der Waals surface area contributed by atoms with Crippen molar-refractivity contribution in [2.75, 3.05) is 13.7 Å². The molecule has 0 aromatic rings. The maximum absolute atomic E-state index is 12.3. The Morgan fingerprint density at radius 2 is 2.00 bits per heavy atom. The highest BCUT2D eigenvalue weighted by atomic mass is 16.5. The van der Waals surface area contributed by atoms with Gasteiger partial charge in [0.25, 0.3) is 0 Å². The van der Waals surface area contributed by atoms with Crippen LogP contribution >= 0.6 is 0 Å². The van der Waals surface area contributed by atoms with Gasteiger partial charge in [0.15, 0.2) is 0 Å². The summed E-state index contributed by atoms with van der Waals surface area (Å²) in [6.07, 6.45) is 12.7. The number of hydrogen-bond donors (Lipinski definition) is 1. The van der Waals surface area contributed by atoms with E-state index >= 15 is 0 Å². The highest BCUT2D eigenvalue weighted by Gasteiger charge is 2.27. The van der Waals surface area contributed by atoms with Crippen LogP contribution in [0.3, 0.4) is 0 Å². The maximum atomic E-state index is 12.3. The molecule has 0 radical (unpaired) electrons. The molecule has 0 aromatic carbocycles. The van der Waals surface area contributed by atoms with Crippen molar-refractivity contribution >= 4 is 5.78 Å². The lowest BCUT2D eigenvalue weighted by Crippen LogP contribution is -2.23. The van der Waals surface area contributed by atoms with Crippen molar-refractivity contribution in [3.05, 3.63) is 12.2 Å². The molecule has 0 saturated heterocycles. The van der Waals surface area contributed by atoms with E-state index in [0.29, 0.717) is 0 Å². The average molecular weight is 282 g/mol. The number of Topliss-reactive ketones (excluding diaryl/α,β-unsaturated/α-hetero) is 1. The number of aliphatic hydroxyl groups is 1. The predicted octanol–water partition coefficient (Wildman–Crippen LogP) is 3.51. The zero-order chi connectivity index (χ0) is 14.8. The topological polar surface area (TPSA) is 46.5 Å². The Balaban J connectivity index is 2.47. The molecule has 1 fully saturated rings. The summed E-state index contributed by atoms with van der Waals surface area (Å²) >= 11 is 0. The van der Waals surface area contributed by atoms with E-state index in [2.05, 4.69) is 6.92 Å². The number of carbonyl (C=O) groups excluding carboxylic acids is 1. The molecule has 0 heterocycles. The van der Waals surface area contributed by atoms with E-state index in [9.17, 15) is 9.90 Å². The standard InChI is InChI=1S/C17H30O3/c1-3-4-5-10-16(20-2)12-11-15(13-18)17(19)14-8-6-7-9-14/h11-12,14-16,18H,3-10,13H2,1-2H3/t15?,16-/m0/s1. The van der Waals surface area contributed by atoms with Gasteiger partial charge in [-0.2, -0.15) is 0 Å². The van der Waals surface area contributed by atoms with Gasteiger partial charge in [-0.05, 0) is 19.3 Å². The minimum absolute atomic E-state index is 0.0620. The Morgan fingerprint density at radius 1 is 1.30 bits per heavy atom. The first-order chi connectivity index (χ1) is 9.72. The van der Waals surface area contributed by atoms with Crippen molar-refractivity contribution in [1.29, 1.82) is 0 Å². The van der Waals surface area contributed by atoms with Crippen molar-refractivity contribution in [3.63, 3.8) is 0 Å². The van der Waals surface area contributed by atoms with Crippen LogP contribution < -0.4 is 0 Å². The summed E-state index contributed by atoms with van der Waals surface area (Å²) in [5.74, 6) is 0.0319. The number of ether oxygens (including phenoxy) is 1. The molecular weight excluding hydrogens is 252 g/mol. The number of methoxy groups -OCH3 is 1. The summed E-state index contributed by atoms with van der Waals surface area (Å²) in [5.41, 5.74) is 0. The first kappa shape index (κ1) is 17.4. The zero-order valence-corrected chi connectivity index (χ0v) is 13.0. The maximum Gasteiger partial charge on any atom is 0.145 e. The van der Waals surface area contributed by atoms with Crippen molar-refractivity contribution in [3.8, 4) is 0 Å². The second-order valence-corrected chi connectivity index (χ2v) is 5.83. The lowest BCUT2D eigenvalue weighted by atomic mass is 9.91. The molecule has 1 unspecified atom stereocenters. The van der Waals surface area contributed by atoms with Gasteiger partial charge in [-0.25, -0.2) is 0 Å². The molecule has 116 valence electrons. The lowest BCUT2D eigenvalue weighted by molar-refractivity contribution is -0.126. The quantitative estimate of drug-likeness (QED) is 0.493. The van der Waals surface area contributed by atoms with Crippen molar-refractivity contribution in [1.82, 2.24) is 0 Å². The van der Waals surface area contributed by atoms with Gasteiger partial charge in [0.2, 0.25) is 0 Å². The summed E-state index contributed by atoms with van der Waals surface area (Å²) in [4.78, 5) is 12.3. The second-order valence-electron chi connectivity index (χ2n) is 5.83. The summed E-state index contributed by atoms with van der Waals surface area (Å²) in [6.45, 7) is 2.09. The molecular formula is C17H30O3. The molecule has 3 nitrogen and oxygen atoms in total. The third-order valence-corrected chi connectivity index (χ3v) is 4.27. The largest absolute Gasteiger partial charge is 0.395 e. The van der Waals surface area contributed by atoms with Crippen molar-refractivity contribution < 1.29 is 14.6 Å². The fraction of sp³-hybridized carbons (Fsp3) is 0.824. The van der Waals surface area contributed by atoms with Crippen LogP contribution in [0.15, 0.2) is 12.2 Å². The summed E-state index contributed by atoms with van der Waals surface area (Å²) in [5, 5.41) is 9.44. The van der Waals surface area contributed by atoms with Crippen LogP contribution in [0.5, 0.6) is 0 Å². The average Bonchev–Trinajstić information content (AvgIpc) is 3.00. The number of aliphatic hydroxyl groups excluding tert-OH is 1.